The lowest BCUT2D eigenvalue weighted by atomic mass is 10.1. The van der Waals surface area contributed by atoms with E-state index in [0.29, 0.717) is 18.1 Å². The van der Waals surface area contributed by atoms with Crippen LogP contribution in [0, 0.1) is 0 Å². The Morgan fingerprint density at radius 1 is 1.18 bits per heavy atom. The van der Waals surface area contributed by atoms with Crippen LogP contribution in [0.4, 0.5) is 5.69 Å². The van der Waals surface area contributed by atoms with Crippen LogP contribution in [0.3, 0.4) is 0 Å². The van der Waals surface area contributed by atoms with Gasteiger partial charge in [0.15, 0.2) is 11.5 Å². The third-order valence-corrected chi connectivity index (χ3v) is 3.77. The summed E-state index contributed by atoms with van der Waals surface area (Å²) in [4.78, 5) is 28.0. The zero-order valence-electron chi connectivity index (χ0n) is 16.2. The van der Waals surface area contributed by atoms with E-state index in [1.807, 2.05) is 30.3 Å². The van der Waals surface area contributed by atoms with E-state index in [1.54, 1.807) is 26.8 Å². The summed E-state index contributed by atoms with van der Waals surface area (Å²) in [5.41, 5.74) is 1.45. The maximum Gasteiger partial charge on any atom is 0.340 e. The van der Waals surface area contributed by atoms with Gasteiger partial charge >= 0.3 is 5.97 Å². The highest BCUT2D eigenvalue weighted by atomic mass is 17.4. The normalized spacial score (nSPS) is 16.3. The molecule has 150 valence electrons. The highest BCUT2D eigenvalue weighted by Gasteiger charge is 2.30. The number of esters is 1. The molecular formula is C20H23NO7. The smallest absolute Gasteiger partial charge is 0.340 e. The average molecular weight is 389 g/mol. The van der Waals surface area contributed by atoms with Crippen molar-refractivity contribution in [2.24, 2.45) is 0 Å². The molecule has 8 nitrogen and oxygen atoms in total. The molecule has 0 spiro atoms. The monoisotopic (exact) mass is 389 g/mol. The molecule has 0 amide bonds. The van der Waals surface area contributed by atoms with Gasteiger partial charge in [0, 0.05) is 12.1 Å². The van der Waals surface area contributed by atoms with Gasteiger partial charge in [0.2, 0.25) is 6.29 Å². The topological polar surface area (TPSA) is 75.7 Å². The lowest BCUT2D eigenvalue weighted by Crippen LogP contribution is -2.21. The Kier molecular flexibility index (Phi) is 6.35. The minimum Gasteiger partial charge on any atom is -0.493 e. The first-order valence-corrected chi connectivity index (χ1v) is 8.88. The second-order valence-corrected chi connectivity index (χ2v) is 6.35. The summed E-state index contributed by atoms with van der Waals surface area (Å²) in [7, 11) is 1.51. The van der Waals surface area contributed by atoms with E-state index in [-0.39, 0.29) is 17.4 Å². The van der Waals surface area contributed by atoms with Crippen molar-refractivity contribution in [2.45, 2.75) is 39.8 Å². The third-order valence-electron chi connectivity index (χ3n) is 3.77. The molecule has 2 aromatic rings. The first-order valence-electron chi connectivity index (χ1n) is 8.88. The summed E-state index contributed by atoms with van der Waals surface area (Å²) in [6, 6.07) is 12.8. The van der Waals surface area contributed by atoms with Crippen molar-refractivity contribution in [3.05, 3.63) is 53.6 Å². The molecule has 1 aliphatic heterocycles. The van der Waals surface area contributed by atoms with Gasteiger partial charge in [-0.15, -0.1) is 0 Å². The van der Waals surface area contributed by atoms with Crippen molar-refractivity contribution in [3.63, 3.8) is 0 Å². The summed E-state index contributed by atoms with van der Waals surface area (Å²) in [6.45, 7) is 5.50. The van der Waals surface area contributed by atoms with Crippen LogP contribution in [0.2, 0.25) is 0 Å². The van der Waals surface area contributed by atoms with Crippen molar-refractivity contribution in [1.29, 1.82) is 0 Å². The zero-order chi connectivity index (χ0) is 20.1. The van der Waals surface area contributed by atoms with Gasteiger partial charge in [-0.1, -0.05) is 40.5 Å². The van der Waals surface area contributed by atoms with Crippen molar-refractivity contribution < 1.29 is 33.7 Å². The Morgan fingerprint density at radius 2 is 1.93 bits per heavy atom. The second-order valence-electron chi connectivity index (χ2n) is 6.35. The molecule has 1 heterocycles. The number of nitrogens with zero attached hydrogens (tertiary/aromatic N) is 1. The Balaban J connectivity index is 1.94. The predicted molar refractivity (Wildman–Crippen MR) is 99.5 cm³/mol. The summed E-state index contributed by atoms with van der Waals surface area (Å²) in [5, 5.41) is 1.01. The Hall–Kier alpha value is -2.81. The second kappa shape index (κ2) is 8.92. The van der Waals surface area contributed by atoms with E-state index in [4.69, 9.17) is 28.9 Å². The highest BCUT2D eigenvalue weighted by molar-refractivity contribution is 5.96. The maximum atomic E-state index is 12.6. The minimum atomic E-state index is -0.631. The van der Waals surface area contributed by atoms with Crippen molar-refractivity contribution in [3.8, 4) is 11.5 Å². The largest absolute Gasteiger partial charge is 0.493 e. The van der Waals surface area contributed by atoms with Crippen LogP contribution in [0.1, 0.15) is 36.7 Å². The molecule has 0 N–H and O–H groups in total. The van der Waals surface area contributed by atoms with Gasteiger partial charge in [-0.3, -0.25) is 0 Å². The molecular weight excluding hydrogens is 366 g/mol. The van der Waals surface area contributed by atoms with Crippen LogP contribution < -0.4 is 14.7 Å². The number of carbonyl (C=O) groups is 1. The SMILES string of the molecule is COc1cc(N2OOC(C)O2)c(C(=O)OC(C)C)cc1OCc1ccccc1. The fourth-order valence-electron chi connectivity index (χ4n) is 2.52. The van der Waals surface area contributed by atoms with Gasteiger partial charge in [0.25, 0.3) is 0 Å². The minimum absolute atomic E-state index is 0.190. The average Bonchev–Trinajstić information content (AvgIpc) is 3.12. The summed E-state index contributed by atoms with van der Waals surface area (Å²) in [5.74, 6) is 0.238. The number of benzene rings is 2. The molecule has 3 rings (SSSR count). The van der Waals surface area contributed by atoms with E-state index < -0.39 is 12.3 Å². The van der Waals surface area contributed by atoms with Crippen molar-refractivity contribution >= 4 is 11.7 Å². The van der Waals surface area contributed by atoms with E-state index in [2.05, 4.69) is 0 Å². The van der Waals surface area contributed by atoms with Crippen LogP contribution in [-0.2, 0) is 26.1 Å². The highest BCUT2D eigenvalue weighted by Crippen LogP contribution is 2.38. The van der Waals surface area contributed by atoms with Crippen LogP contribution in [-0.4, -0.2) is 25.5 Å². The molecule has 0 aliphatic carbocycles. The molecule has 8 heteroatoms. The first kappa shape index (κ1) is 19.9. The molecule has 0 bridgehead atoms. The number of ether oxygens (including phenoxy) is 3. The van der Waals surface area contributed by atoms with Gasteiger partial charge in [0.1, 0.15) is 12.3 Å². The van der Waals surface area contributed by atoms with Gasteiger partial charge in [-0.2, -0.15) is 4.89 Å². The first-order chi connectivity index (χ1) is 13.5. The molecule has 1 fully saturated rings. The molecule has 28 heavy (non-hydrogen) atoms. The Bertz CT molecular complexity index is 810. The summed E-state index contributed by atoms with van der Waals surface area (Å²) < 4.78 is 16.6. The molecule has 1 atom stereocenters. The van der Waals surface area contributed by atoms with Crippen molar-refractivity contribution in [2.75, 3.05) is 12.3 Å². The van der Waals surface area contributed by atoms with Gasteiger partial charge in [-0.05, 0) is 26.3 Å². The standard InChI is InChI=1S/C20H23NO7/c1-13(2)25-20(22)16-10-19(24-12-15-8-6-5-7-9-15)18(23-4)11-17(16)21-26-14(3)27-28-21/h5-11,13-14H,12H2,1-4H3. The molecule has 1 saturated heterocycles. The Labute approximate surface area is 163 Å². The predicted octanol–water partition coefficient (Wildman–Crippen LogP) is 3.80. The van der Waals surface area contributed by atoms with E-state index >= 15 is 0 Å². The van der Waals surface area contributed by atoms with Gasteiger partial charge in [0.05, 0.1) is 18.8 Å². The number of anilines is 1. The molecule has 0 saturated carbocycles. The maximum absolute atomic E-state index is 12.6. The van der Waals surface area contributed by atoms with E-state index in [1.165, 1.54) is 13.2 Å². The number of hydrogen-bond donors (Lipinski definition) is 0. The van der Waals surface area contributed by atoms with E-state index in [0.717, 1.165) is 10.8 Å². The molecule has 0 radical (unpaired) electrons. The Morgan fingerprint density at radius 3 is 2.54 bits per heavy atom. The summed E-state index contributed by atoms with van der Waals surface area (Å²) >= 11 is 0. The van der Waals surface area contributed by atoms with Crippen LogP contribution >= 0.6 is 0 Å². The number of methoxy groups -OCH3 is 1. The number of rotatable bonds is 7. The van der Waals surface area contributed by atoms with Crippen molar-refractivity contribution in [1.82, 2.24) is 0 Å². The third kappa shape index (κ3) is 4.72. The number of hydrogen-bond acceptors (Lipinski definition) is 8. The van der Waals surface area contributed by atoms with Crippen LogP contribution in [0.5, 0.6) is 11.5 Å². The molecule has 0 aromatic heterocycles. The zero-order valence-corrected chi connectivity index (χ0v) is 16.2. The van der Waals surface area contributed by atoms with Crippen LogP contribution in [0.25, 0.3) is 0 Å². The lowest BCUT2D eigenvalue weighted by Gasteiger charge is -2.19. The summed E-state index contributed by atoms with van der Waals surface area (Å²) in [6.07, 6.45) is -0.930. The molecule has 1 unspecified atom stereocenters. The quantitative estimate of drug-likeness (QED) is 0.523. The molecule has 2 aromatic carbocycles. The van der Waals surface area contributed by atoms with Gasteiger partial charge in [-0.25, -0.2) is 9.63 Å². The van der Waals surface area contributed by atoms with Crippen LogP contribution in [0.15, 0.2) is 42.5 Å². The van der Waals surface area contributed by atoms with Gasteiger partial charge < -0.3 is 14.2 Å². The van der Waals surface area contributed by atoms with E-state index in [9.17, 15) is 4.79 Å². The number of carbonyl (C=O) groups excluding carboxylic acids is 1. The fourth-order valence-corrected chi connectivity index (χ4v) is 2.52. The fraction of sp³-hybridized carbons (Fsp3) is 0.350. The lowest BCUT2D eigenvalue weighted by molar-refractivity contribution is -0.280. The molecule has 1 aliphatic rings.